The number of carbonyl (C=O) groups is 2. The lowest BCUT2D eigenvalue weighted by Gasteiger charge is -2.37. The van der Waals surface area contributed by atoms with Gasteiger partial charge in [0.2, 0.25) is 12.7 Å². The summed E-state index contributed by atoms with van der Waals surface area (Å²) >= 11 is 0. The summed E-state index contributed by atoms with van der Waals surface area (Å²) < 4.78 is 22.9. The number of hydrogen-bond acceptors (Lipinski definition) is 8. The van der Waals surface area contributed by atoms with E-state index in [0.29, 0.717) is 41.5 Å². The molecule has 4 heterocycles. The Morgan fingerprint density at radius 3 is 2.76 bits per heavy atom. The number of pyridine rings is 1. The number of carbonyl (C=O) groups excluding carboxylic acids is 2. The van der Waals surface area contributed by atoms with E-state index in [1.165, 1.54) is 0 Å². The second kappa shape index (κ2) is 10.3. The molecule has 6 rings (SSSR count). The monoisotopic (exact) mass is 517 g/mol. The van der Waals surface area contributed by atoms with Gasteiger partial charge in [0.05, 0.1) is 19.1 Å². The van der Waals surface area contributed by atoms with Crippen LogP contribution in [0.15, 0.2) is 60.9 Å². The average molecular weight is 518 g/mol. The molecule has 1 saturated heterocycles. The molecule has 2 aromatic carbocycles. The van der Waals surface area contributed by atoms with Crippen molar-refractivity contribution in [2.24, 2.45) is 0 Å². The molecule has 1 aromatic heterocycles. The summed E-state index contributed by atoms with van der Waals surface area (Å²) in [6.07, 6.45) is 2.78. The largest absolute Gasteiger partial charge is 0.487 e. The third-order valence-electron chi connectivity index (χ3n) is 7.02. The Bertz CT molecular complexity index is 1350. The van der Waals surface area contributed by atoms with E-state index >= 15 is 0 Å². The molecule has 3 N–H and O–H groups in total. The maximum atomic E-state index is 12.9. The Kier molecular flexibility index (Phi) is 6.57. The zero-order valence-corrected chi connectivity index (χ0v) is 20.5. The molecule has 10 nitrogen and oxygen atoms in total. The first-order valence-corrected chi connectivity index (χ1v) is 12.5. The van der Waals surface area contributed by atoms with E-state index in [-0.39, 0.29) is 49.8 Å². The topological polar surface area (TPSA) is 128 Å². The van der Waals surface area contributed by atoms with Gasteiger partial charge < -0.3 is 34.7 Å². The molecule has 3 aromatic rings. The van der Waals surface area contributed by atoms with Crippen LogP contribution in [0, 0.1) is 0 Å². The van der Waals surface area contributed by atoms with E-state index in [0.717, 1.165) is 11.1 Å². The van der Waals surface area contributed by atoms with Gasteiger partial charge in [-0.1, -0.05) is 6.07 Å². The lowest BCUT2D eigenvalue weighted by Crippen LogP contribution is -2.47. The number of fused-ring (bicyclic) bond motifs is 4. The number of aliphatic hydroxyl groups excluding tert-OH is 1. The molecule has 10 heteroatoms. The van der Waals surface area contributed by atoms with Crippen molar-refractivity contribution >= 4 is 17.5 Å². The zero-order chi connectivity index (χ0) is 26.1. The number of aliphatic hydroxyl groups is 1. The number of ether oxygens (including phenoxy) is 4. The molecule has 2 amide bonds. The van der Waals surface area contributed by atoms with Crippen LogP contribution in [0.1, 0.15) is 40.2 Å². The van der Waals surface area contributed by atoms with Crippen molar-refractivity contribution in [3.63, 3.8) is 0 Å². The fourth-order valence-corrected chi connectivity index (χ4v) is 5.19. The quantitative estimate of drug-likeness (QED) is 0.437. The Balaban J connectivity index is 1.13. The van der Waals surface area contributed by atoms with Crippen LogP contribution < -0.4 is 24.8 Å². The first-order valence-electron chi connectivity index (χ1n) is 12.5. The first kappa shape index (κ1) is 24.2. The zero-order valence-electron chi connectivity index (χ0n) is 20.5. The fraction of sp³-hybridized carbons (Fsp3) is 0.321. The number of benzene rings is 2. The standard InChI is InChI=1S/C28H27N3O7/c32-14-25-27-21(10-19(37-25)11-26(33)30-13-16-2-1-7-29-12-16)20-9-18(4-6-22(20)38-27)31-28(34)17-3-5-23-24(8-17)36-15-35-23/h1-9,12,19,21,25,27,32H,10-11,13-15H2,(H,30,33)(H,31,34)/t19-,21-,25-,27+/m0/s1. The highest BCUT2D eigenvalue weighted by Gasteiger charge is 2.46. The number of amides is 2. The van der Waals surface area contributed by atoms with Crippen LogP contribution in [-0.2, 0) is 16.1 Å². The normalized spacial score (nSPS) is 22.7. The predicted octanol–water partition coefficient (Wildman–Crippen LogP) is 2.76. The van der Waals surface area contributed by atoms with Crippen molar-refractivity contribution in [1.82, 2.24) is 10.3 Å². The predicted molar refractivity (Wildman–Crippen MR) is 135 cm³/mol. The molecule has 3 aliphatic heterocycles. The van der Waals surface area contributed by atoms with E-state index in [9.17, 15) is 14.7 Å². The highest BCUT2D eigenvalue weighted by atomic mass is 16.7. The first-order chi connectivity index (χ1) is 18.6. The lowest BCUT2D eigenvalue weighted by molar-refractivity contribution is -0.142. The van der Waals surface area contributed by atoms with E-state index in [1.54, 1.807) is 36.7 Å². The Morgan fingerprint density at radius 1 is 1.05 bits per heavy atom. The molecule has 4 atom stereocenters. The van der Waals surface area contributed by atoms with Crippen molar-refractivity contribution in [3.05, 3.63) is 77.6 Å². The van der Waals surface area contributed by atoms with Crippen LogP contribution in [0.2, 0.25) is 0 Å². The van der Waals surface area contributed by atoms with Crippen molar-refractivity contribution < 1.29 is 33.6 Å². The smallest absolute Gasteiger partial charge is 0.255 e. The second-order valence-corrected chi connectivity index (χ2v) is 9.52. The van der Waals surface area contributed by atoms with Crippen molar-refractivity contribution in [2.75, 3.05) is 18.7 Å². The average Bonchev–Trinajstić information content (AvgIpc) is 3.56. The van der Waals surface area contributed by atoms with Crippen LogP contribution in [0.3, 0.4) is 0 Å². The Morgan fingerprint density at radius 2 is 1.92 bits per heavy atom. The Hall–Kier alpha value is -4.15. The number of hydrogen-bond donors (Lipinski definition) is 3. The van der Waals surface area contributed by atoms with Gasteiger partial charge in [-0.05, 0) is 54.4 Å². The summed E-state index contributed by atoms with van der Waals surface area (Å²) in [5.41, 5.74) is 2.90. The third-order valence-corrected chi connectivity index (χ3v) is 7.02. The molecule has 0 radical (unpaired) electrons. The van der Waals surface area contributed by atoms with Gasteiger partial charge in [0.15, 0.2) is 11.5 Å². The molecule has 0 unspecified atom stereocenters. The summed E-state index contributed by atoms with van der Waals surface area (Å²) in [6, 6.07) is 14.2. The minimum Gasteiger partial charge on any atom is -0.487 e. The van der Waals surface area contributed by atoms with Gasteiger partial charge in [-0.15, -0.1) is 0 Å². The van der Waals surface area contributed by atoms with Crippen LogP contribution in [0.25, 0.3) is 0 Å². The fourth-order valence-electron chi connectivity index (χ4n) is 5.19. The van der Waals surface area contributed by atoms with Gasteiger partial charge >= 0.3 is 0 Å². The minimum absolute atomic E-state index is 0.0885. The van der Waals surface area contributed by atoms with Gasteiger partial charge in [-0.25, -0.2) is 0 Å². The minimum atomic E-state index is -0.566. The van der Waals surface area contributed by atoms with Crippen molar-refractivity contribution in [2.45, 2.75) is 43.6 Å². The van der Waals surface area contributed by atoms with Crippen LogP contribution in [-0.4, -0.2) is 53.6 Å². The number of aromatic nitrogens is 1. The second-order valence-electron chi connectivity index (χ2n) is 9.52. The number of nitrogens with one attached hydrogen (secondary N) is 2. The van der Waals surface area contributed by atoms with Gasteiger partial charge in [0.25, 0.3) is 5.91 Å². The van der Waals surface area contributed by atoms with E-state index in [2.05, 4.69) is 15.6 Å². The van der Waals surface area contributed by atoms with E-state index < -0.39 is 6.10 Å². The summed E-state index contributed by atoms with van der Waals surface area (Å²) in [5.74, 6) is 1.33. The van der Waals surface area contributed by atoms with Gasteiger partial charge in [0.1, 0.15) is 18.0 Å². The highest BCUT2D eigenvalue weighted by molar-refractivity contribution is 6.04. The van der Waals surface area contributed by atoms with E-state index in [1.807, 2.05) is 24.3 Å². The molecule has 1 fully saturated rings. The molecule has 0 spiro atoms. The maximum absolute atomic E-state index is 12.9. The van der Waals surface area contributed by atoms with Crippen LogP contribution in [0.5, 0.6) is 17.2 Å². The molecule has 3 aliphatic rings. The summed E-state index contributed by atoms with van der Waals surface area (Å²) in [5, 5.41) is 15.8. The van der Waals surface area contributed by atoms with Gasteiger partial charge in [-0.3, -0.25) is 14.6 Å². The highest BCUT2D eigenvalue weighted by Crippen LogP contribution is 2.47. The molecular formula is C28H27N3O7. The van der Waals surface area contributed by atoms with Crippen LogP contribution in [0.4, 0.5) is 5.69 Å². The molecule has 196 valence electrons. The van der Waals surface area contributed by atoms with Gasteiger partial charge in [-0.2, -0.15) is 0 Å². The lowest BCUT2D eigenvalue weighted by atomic mass is 9.84. The molecular weight excluding hydrogens is 490 g/mol. The summed E-state index contributed by atoms with van der Waals surface area (Å²) in [7, 11) is 0. The molecule has 38 heavy (non-hydrogen) atoms. The van der Waals surface area contributed by atoms with E-state index in [4.69, 9.17) is 18.9 Å². The third kappa shape index (κ3) is 4.88. The van der Waals surface area contributed by atoms with Crippen molar-refractivity contribution in [3.8, 4) is 17.2 Å². The maximum Gasteiger partial charge on any atom is 0.255 e. The SMILES string of the molecule is O=C(C[C@@H]1C[C@H]2c3cc(NC(=O)c4ccc5c(c4)OCO5)ccc3O[C@H]2[C@H](CO)O1)NCc1cccnc1. The number of nitrogens with zero attached hydrogens (tertiary/aromatic N) is 1. The summed E-state index contributed by atoms with van der Waals surface area (Å²) in [6.45, 7) is 0.295. The number of rotatable bonds is 7. The van der Waals surface area contributed by atoms with Crippen LogP contribution >= 0.6 is 0 Å². The molecule has 0 saturated carbocycles. The van der Waals surface area contributed by atoms with Crippen molar-refractivity contribution in [1.29, 1.82) is 0 Å². The Labute approximate surface area is 218 Å². The molecule has 0 aliphatic carbocycles. The molecule has 0 bridgehead atoms. The summed E-state index contributed by atoms with van der Waals surface area (Å²) in [4.78, 5) is 29.6. The number of anilines is 1. The van der Waals surface area contributed by atoms with Gasteiger partial charge in [0, 0.05) is 41.7 Å².